The highest BCUT2D eigenvalue weighted by atomic mass is 35.5. The van der Waals surface area contributed by atoms with Gasteiger partial charge in [-0.2, -0.15) is 5.10 Å². The molecule has 36 heavy (non-hydrogen) atoms. The standard InChI is InChI=1S/C27H27ClN4O4/c1-4-36-21-14-11-19(25(33)16-21)17-29-31-27(35)24(15-18-9-12-20(13-10-18)32(2)3)30-26(34)22-7-5-6-8-23(22)28/h5-17,33H,4H2,1-3H3,(H,30,34)(H,31,35)/b24-15?,29-17+. The molecule has 0 aliphatic heterocycles. The van der Waals surface area contributed by atoms with E-state index in [1.807, 2.05) is 50.2 Å². The Labute approximate surface area is 214 Å². The van der Waals surface area contributed by atoms with E-state index in [2.05, 4.69) is 15.8 Å². The average molecular weight is 507 g/mol. The van der Waals surface area contributed by atoms with E-state index < -0.39 is 11.8 Å². The summed E-state index contributed by atoms with van der Waals surface area (Å²) in [4.78, 5) is 27.7. The third kappa shape index (κ3) is 7.10. The first-order valence-electron chi connectivity index (χ1n) is 11.1. The predicted molar refractivity (Wildman–Crippen MR) is 143 cm³/mol. The Kier molecular flexibility index (Phi) is 9.07. The van der Waals surface area contributed by atoms with Crippen LogP contribution in [0.2, 0.25) is 5.02 Å². The second-order valence-electron chi connectivity index (χ2n) is 7.83. The molecule has 0 fully saturated rings. The molecule has 0 bridgehead atoms. The molecule has 0 radical (unpaired) electrons. The SMILES string of the molecule is CCOc1ccc(/C=N/NC(=O)C(=Cc2ccc(N(C)C)cc2)NC(=O)c2ccccc2Cl)c(O)c1. The van der Waals surface area contributed by atoms with Crippen LogP contribution in [-0.4, -0.2) is 43.8 Å². The topological polar surface area (TPSA) is 103 Å². The van der Waals surface area contributed by atoms with Crippen LogP contribution in [-0.2, 0) is 4.79 Å². The number of hydrogen-bond donors (Lipinski definition) is 3. The van der Waals surface area contributed by atoms with Crippen molar-refractivity contribution >= 4 is 41.4 Å². The Bertz CT molecular complexity index is 1290. The van der Waals surface area contributed by atoms with Crippen molar-refractivity contribution in [2.24, 2.45) is 5.10 Å². The Morgan fingerprint density at radius 2 is 1.81 bits per heavy atom. The van der Waals surface area contributed by atoms with Gasteiger partial charge in [0, 0.05) is 31.4 Å². The first kappa shape index (κ1) is 26.3. The quantitative estimate of drug-likeness (QED) is 0.226. The fraction of sp³-hybridized carbons (Fsp3) is 0.148. The Morgan fingerprint density at radius 3 is 2.44 bits per heavy atom. The molecule has 0 aliphatic carbocycles. The normalized spacial score (nSPS) is 11.3. The van der Waals surface area contributed by atoms with Gasteiger partial charge in [-0.05, 0) is 55.0 Å². The van der Waals surface area contributed by atoms with Crippen LogP contribution in [0.3, 0.4) is 0 Å². The summed E-state index contributed by atoms with van der Waals surface area (Å²) in [6.07, 6.45) is 2.83. The Morgan fingerprint density at radius 1 is 1.08 bits per heavy atom. The van der Waals surface area contributed by atoms with Crippen LogP contribution in [0, 0.1) is 0 Å². The van der Waals surface area contributed by atoms with E-state index in [0.717, 1.165) is 5.69 Å². The number of hydrazone groups is 1. The number of carbonyl (C=O) groups is 2. The van der Waals surface area contributed by atoms with Crippen molar-refractivity contribution < 1.29 is 19.4 Å². The molecule has 186 valence electrons. The number of anilines is 1. The minimum atomic E-state index is -0.659. The molecular formula is C27H27ClN4O4. The molecule has 0 atom stereocenters. The van der Waals surface area contributed by atoms with Crippen molar-refractivity contribution in [1.29, 1.82) is 0 Å². The number of carbonyl (C=O) groups excluding carboxylic acids is 2. The van der Waals surface area contributed by atoms with Crippen LogP contribution in [0.5, 0.6) is 11.5 Å². The third-order valence-corrected chi connectivity index (χ3v) is 5.34. The van der Waals surface area contributed by atoms with E-state index in [1.165, 1.54) is 18.4 Å². The van der Waals surface area contributed by atoms with Gasteiger partial charge in [-0.15, -0.1) is 0 Å². The fourth-order valence-corrected chi connectivity index (χ4v) is 3.36. The summed E-state index contributed by atoms with van der Waals surface area (Å²) >= 11 is 6.14. The van der Waals surface area contributed by atoms with Crippen molar-refractivity contribution in [3.63, 3.8) is 0 Å². The summed E-state index contributed by atoms with van der Waals surface area (Å²) < 4.78 is 5.34. The number of aromatic hydroxyl groups is 1. The van der Waals surface area contributed by atoms with Crippen LogP contribution < -0.4 is 20.4 Å². The lowest BCUT2D eigenvalue weighted by molar-refractivity contribution is -0.117. The van der Waals surface area contributed by atoms with Crippen LogP contribution in [0.25, 0.3) is 6.08 Å². The molecule has 0 saturated carbocycles. The second-order valence-corrected chi connectivity index (χ2v) is 8.24. The molecule has 9 heteroatoms. The lowest BCUT2D eigenvalue weighted by atomic mass is 10.1. The van der Waals surface area contributed by atoms with Crippen molar-refractivity contribution in [3.05, 3.63) is 94.1 Å². The monoisotopic (exact) mass is 506 g/mol. The number of halogens is 1. The molecule has 3 aromatic rings. The molecule has 0 heterocycles. The lowest BCUT2D eigenvalue weighted by Crippen LogP contribution is -2.33. The molecular weight excluding hydrogens is 480 g/mol. The van der Waals surface area contributed by atoms with E-state index in [0.29, 0.717) is 23.5 Å². The zero-order chi connectivity index (χ0) is 26.1. The number of ether oxygens (including phenoxy) is 1. The van der Waals surface area contributed by atoms with E-state index >= 15 is 0 Å². The highest BCUT2D eigenvalue weighted by molar-refractivity contribution is 6.34. The van der Waals surface area contributed by atoms with Crippen LogP contribution in [0.4, 0.5) is 5.69 Å². The van der Waals surface area contributed by atoms with Crippen molar-refractivity contribution in [2.45, 2.75) is 6.92 Å². The summed E-state index contributed by atoms with van der Waals surface area (Å²) in [5.41, 5.74) is 4.63. The Balaban J connectivity index is 1.82. The van der Waals surface area contributed by atoms with E-state index in [-0.39, 0.29) is 22.0 Å². The van der Waals surface area contributed by atoms with Crippen molar-refractivity contribution in [1.82, 2.24) is 10.7 Å². The van der Waals surface area contributed by atoms with Crippen LogP contribution >= 0.6 is 11.6 Å². The van der Waals surface area contributed by atoms with Gasteiger partial charge < -0.3 is 20.1 Å². The van der Waals surface area contributed by atoms with Gasteiger partial charge in [0.25, 0.3) is 11.8 Å². The van der Waals surface area contributed by atoms with Gasteiger partial charge in [-0.25, -0.2) is 5.43 Å². The summed E-state index contributed by atoms with van der Waals surface area (Å²) in [5, 5.41) is 17.0. The van der Waals surface area contributed by atoms with Gasteiger partial charge in [-0.3, -0.25) is 9.59 Å². The minimum absolute atomic E-state index is 0.0365. The maximum atomic E-state index is 13.0. The minimum Gasteiger partial charge on any atom is -0.507 e. The predicted octanol–water partition coefficient (Wildman–Crippen LogP) is 4.43. The summed E-state index contributed by atoms with van der Waals surface area (Å²) in [7, 11) is 3.85. The molecule has 0 aliphatic rings. The Hall–Kier alpha value is -4.30. The van der Waals surface area contributed by atoms with E-state index in [4.69, 9.17) is 16.3 Å². The molecule has 0 spiro atoms. The molecule has 3 N–H and O–H groups in total. The van der Waals surface area contributed by atoms with Crippen LogP contribution in [0.1, 0.15) is 28.4 Å². The number of amides is 2. The van der Waals surface area contributed by atoms with Crippen molar-refractivity contribution in [3.8, 4) is 11.5 Å². The molecule has 3 aromatic carbocycles. The highest BCUT2D eigenvalue weighted by Crippen LogP contribution is 2.22. The smallest absolute Gasteiger partial charge is 0.287 e. The first-order chi connectivity index (χ1) is 17.3. The van der Waals surface area contributed by atoms with E-state index in [9.17, 15) is 14.7 Å². The van der Waals surface area contributed by atoms with Gasteiger partial charge in [0.05, 0.1) is 23.4 Å². The van der Waals surface area contributed by atoms with Gasteiger partial charge in [0.15, 0.2) is 0 Å². The average Bonchev–Trinajstić information content (AvgIpc) is 2.85. The first-order valence-corrected chi connectivity index (χ1v) is 11.5. The third-order valence-electron chi connectivity index (χ3n) is 5.01. The van der Waals surface area contributed by atoms with Crippen molar-refractivity contribution in [2.75, 3.05) is 25.6 Å². The number of phenols is 1. The second kappa shape index (κ2) is 12.4. The van der Waals surface area contributed by atoms with Gasteiger partial charge >= 0.3 is 0 Å². The maximum Gasteiger partial charge on any atom is 0.287 e. The number of nitrogens with one attached hydrogen (secondary N) is 2. The number of phenolic OH excluding ortho intramolecular Hbond substituents is 1. The molecule has 2 amide bonds. The lowest BCUT2D eigenvalue weighted by Gasteiger charge is -2.13. The number of rotatable bonds is 9. The number of benzene rings is 3. The molecule has 8 nitrogen and oxygen atoms in total. The summed E-state index contributed by atoms with van der Waals surface area (Å²) in [5.74, 6) is -0.736. The van der Waals surface area contributed by atoms with Crippen LogP contribution in [0.15, 0.2) is 77.5 Å². The zero-order valence-electron chi connectivity index (χ0n) is 20.2. The largest absolute Gasteiger partial charge is 0.507 e. The summed E-state index contributed by atoms with van der Waals surface area (Å²) in [6, 6.07) is 18.7. The van der Waals surface area contributed by atoms with Gasteiger partial charge in [0.2, 0.25) is 0 Å². The van der Waals surface area contributed by atoms with Gasteiger partial charge in [-0.1, -0.05) is 35.9 Å². The molecule has 3 rings (SSSR count). The molecule has 0 aromatic heterocycles. The number of nitrogens with zero attached hydrogens (tertiary/aromatic N) is 2. The van der Waals surface area contributed by atoms with Gasteiger partial charge in [0.1, 0.15) is 17.2 Å². The number of hydrogen-bond acceptors (Lipinski definition) is 6. The molecule has 0 unspecified atom stereocenters. The maximum absolute atomic E-state index is 13.0. The summed E-state index contributed by atoms with van der Waals surface area (Å²) in [6.45, 7) is 2.31. The zero-order valence-corrected chi connectivity index (χ0v) is 20.9. The van der Waals surface area contributed by atoms with E-state index in [1.54, 1.807) is 36.4 Å². The molecule has 0 saturated heterocycles. The highest BCUT2D eigenvalue weighted by Gasteiger charge is 2.16. The fourth-order valence-electron chi connectivity index (χ4n) is 3.14.